The van der Waals surface area contributed by atoms with E-state index in [1.165, 1.54) is 4.90 Å². The maximum atomic E-state index is 12.6. The number of nitrogens with zero attached hydrogens (tertiary/aromatic N) is 4. The largest absolute Gasteiger partial charge is 0.401 e. The van der Waals surface area contributed by atoms with Crippen LogP contribution in [0.1, 0.15) is 24.5 Å². The van der Waals surface area contributed by atoms with Crippen molar-refractivity contribution in [3.8, 4) is 6.07 Å². The van der Waals surface area contributed by atoms with Crippen molar-refractivity contribution >= 4 is 29.9 Å². The number of rotatable bonds is 6. The van der Waals surface area contributed by atoms with Gasteiger partial charge in [-0.05, 0) is 36.6 Å². The van der Waals surface area contributed by atoms with Crippen LogP contribution >= 0.6 is 24.0 Å². The number of hydrogen-bond acceptors (Lipinski definition) is 3. The third kappa shape index (κ3) is 7.83. The summed E-state index contributed by atoms with van der Waals surface area (Å²) in [5.41, 5.74) is 1.65. The van der Waals surface area contributed by atoms with E-state index >= 15 is 0 Å². The molecule has 1 aromatic carbocycles. The molecule has 0 bridgehead atoms. The molecule has 1 saturated heterocycles. The summed E-state index contributed by atoms with van der Waals surface area (Å²) in [4.78, 5) is 7.85. The number of hydrogen-bond donors (Lipinski definition) is 1. The lowest BCUT2D eigenvalue weighted by Gasteiger charge is -2.26. The monoisotopic (exact) mass is 509 g/mol. The molecule has 0 aliphatic carbocycles. The highest BCUT2D eigenvalue weighted by atomic mass is 127. The van der Waals surface area contributed by atoms with Gasteiger partial charge < -0.3 is 10.2 Å². The Kier molecular flexibility index (Phi) is 10.0. The molecule has 1 aliphatic rings. The number of nitrogens with one attached hydrogen (secondary N) is 1. The second-order valence-electron chi connectivity index (χ2n) is 6.75. The Bertz CT molecular complexity index is 670. The number of benzene rings is 1. The lowest BCUT2D eigenvalue weighted by Crippen LogP contribution is -2.41. The topological polar surface area (TPSA) is 54.7 Å². The van der Waals surface area contributed by atoms with Gasteiger partial charge in [0.25, 0.3) is 0 Å². The van der Waals surface area contributed by atoms with E-state index in [9.17, 15) is 13.2 Å². The van der Waals surface area contributed by atoms with Gasteiger partial charge in [-0.2, -0.15) is 18.4 Å². The minimum atomic E-state index is -4.16. The summed E-state index contributed by atoms with van der Waals surface area (Å²) < 4.78 is 37.9. The second kappa shape index (κ2) is 11.5. The number of alkyl halides is 3. The molecule has 2 rings (SSSR count). The number of aliphatic imine (C=N–C) groups is 1. The van der Waals surface area contributed by atoms with Gasteiger partial charge in [0.2, 0.25) is 0 Å². The van der Waals surface area contributed by atoms with E-state index in [-0.39, 0.29) is 29.9 Å². The van der Waals surface area contributed by atoms with E-state index < -0.39 is 12.7 Å². The lowest BCUT2D eigenvalue weighted by atomic mass is 10.1. The molecule has 1 aromatic rings. The van der Waals surface area contributed by atoms with Gasteiger partial charge in [-0.1, -0.05) is 19.1 Å². The van der Waals surface area contributed by atoms with Gasteiger partial charge in [0.1, 0.15) is 0 Å². The quantitative estimate of drug-likeness (QED) is 0.363. The first kappa shape index (κ1) is 24.5. The predicted octanol–water partition coefficient (Wildman–Crippen LogP) is 3.46. The lowest BCUT2D eigenvalue weighted by molar-refractivity contribution is -0.146. The van der Waals surface area contributed by atoms with E-state index in [1.54, 1.807) is 26.1 Å². The smallest absolute Gasteiger partial charge is 0.352 e. The van der Waals surface area contributed by atoms with E-state index in [0.717, 1.165) is 24.5 Å². The second-order valence-corrected chi connectivity index (χ2v) is 6.75. The standard InChI is InChI=1S/C19H26F3N5.HI/c1-3-26(14-19(20,21)22)12-17-8-9-27(13-17)18(24-2)25-11-16-6-4-15(10-23)5-7-16;/h4-7,17H,3,8-9,11-14H2,1-2H3,(H,24,25);1H. The highest BCUT2D eigenvalue weighted by Gasteiger charge is 2.32. The average Bonchev–Trinajstić information content (AvgIpc) is 3.09. The SMILES string of the molecule is CCN(CC1CCN(C(=NC)NCc2ccc(C#N)cc2)C1)CC(F)(F)F.I. The van der Waals surface area contributed by atoms with Gasteiger partial charge in [-0.15, -0.1) is 24.0 Å². The molecule has 1 heterocycles. The van der Waals surface area contributed by atoms with Crippen LogP contribution in [0.25, 0.3) is 0 Å². The third-order valence-corrected chi connectivity index (χ3v) is 4.70. The molecular weight excluding hydrogens is 482 g/mol. The number of halogens is 4. The maximum Gasteiger partial charge on any atom is 0.401 e. The molecule has 5 nitrogen and oxygen atoms in total. The molecule has 9 heteroatoms. The Balaban J connectivity index is 0.00000392. The summed E-state index contributed by atoms with van der Waals surface area (Å²) in [5.74, 6) is 0.946. The summed E-state index contributed by atoms with van der Waals surface area (Å²) in [5, 5.41) is 12.1. The van der Waals surface area contributed by atoms with Crippen molar-refractivity contribution in [2.75, 3.05) is 39.8 Å². The molecule has 1 unspecified atom stereocenters. The van der Waals surface area contributed by atoms with Crippen LogP contribution in [0.4, 0.5) is 13.2 Å². The molecule has 28 heavy (non-hydrogen) atoms. The van der Waals surface area contributed by atoms with Gasteiger partial charge in [-0.25, -0.2) is 0 Å². The van der Waals surface area contributed by atoms with Crippen LogP contribution in [0.3, 0.4) is 0 Å². The van der Waals surface area contributed by atoms with Crippen LogP contribution in [0.15, 0.2) is 29.3 Å². The van der Waals surface area contributed by atoms with E-state index in [1.807, 2.05) is 12.1 Å². The molecule has 1 aliphatic heterocycles. The van der Waals surface area contributed by atoms with Crippen LogP contribution in [-0.4, -0.2) is 61.7 Å². The fourth-order valence-corrected chi connectivity index (χ4v) is 3.31. The van der Waals surface area contributed by atoms with Crippen LogP contribution in [0.2, 0.25) is 0 Å². The molecule has 0 radical (unpaired) electrons. The first-order valence-corrected chi connectivity index (χ1v) is 9.08. The molecule has 1 fully saturated rings. The zero-order valence-electron chi connectivity index (χ0n) is 16.2. The van der Waals surface area contributed by atoms with Crippen LogP contribution in [-0.2, 0) is 6.54 Å². The highest BCUT2D eigenvalue weighted by Crippen LogP contribution is 2.21. The molecule has 1 N–H and O–H groups in total. The van der Waals surface area contributed by atoms with Crippen molar-refractivity contribution in [2.24, 2.45) is 10.9 Å². The molecule has 1 atom stereocenters. The zero-order chi connectivity index (χ0) is 19.9. The zero-order valence-corrected chi connectivity index (χ0v) is 18.5. The van der Waals surface area contributed by atoms with Crippen LogP contribution in [0.5, 0.6) is 0 Å². The molecule has 0 amide bonds. The van der Waals surface area contributed by atoms with Gasteiger partial charge in [0.05, 0.1) is 18.2 Å². The molecule has 0 aromatic heterocycles. The first-order valence-electron chi connectivity index (χ1n) is 9.08. The Morgan fingerprint density at radius 1 is 1.36 bits per heavy atom. The van der Waals surface area contributed by atoms with Gasteiger partial charge in [-0.3, -0.25) is 9.89 Å². The number of likely N-dealkylation sites (tertiary alicyclic amines) is 1. The predicted molar refractivity (Wildman–Crippen MR) is 115 cm³/mol. The van der Waals surface area contributed by atoms with Crippen molar-refractivity contribution in [3.05, 3.63) is 35.4 Å². The van der Waals surface area contributed by atoms with Crippen molar-refractivity contribution in [2.45, 2.75) is 26.1 Å². The van der Waals surface area contributed by atoms with Crippen molar-refractivity contribution < 1.29 is 13.2 Å². The first-order chi connectivity index (χ1) is 12.8. The average molecular weight is 509 g/mol. The summed E-state index contributed by atoms with van der Waals surface area (Å²) >= 11 is 0. The Morgan fingerprint density at radius 2 is 2.04 bits per heavy atom. The molecular formula is C19H27F3IN5. The number of nitriles is 1. The Hall–Kier alpha value is -1.54. The van der Waals surface area contributed by atoms with E-state index in [2.05, 4.69) is 21.3 Å². The molecule has 0 saturated carbocycles. The highest BCUT2D eigenvalue weighted by molar-refractivity contribution is 14.0. The summed E-state index contributed by atoms with van der Waals surface area (Å²) in [7, 11) is 1.70. The fraction of sp³-hybridized carbons (Fsp3) is 0.579. The van der Waals surface area contributed by atoms with Crippen molar-refractivity contribution in [3.63, 3.8) is 0 Å². The summed E-state index contributed by atoms with van der Waals surface area (Å²) in [6.07, 6.45) is -3.31. The molecule has 156 valence electrons. The third-order valence-electron chi connectivity index (χ3n) is 4.70. The minimum absolute atomic E-state index is 0. The fourth-order valence-electron chi connectivity index (χ4n) is 3.31. The Morgan fingerprint density at radius 3 is 2.57 bits per heavy atom. The van der Waals surface area contributed by atoms with Gasteiger partial charge >= 0.3 is 6.18 Å². The van der Waals surface area contributed by atoms with E-state index in [4.69, 9.17) is 5.26 Å². The summed E-state index contributed by atoms with van der Waals surface area (Å²) in [6.45, 7) is 3.79. The van der Waals surface area contributed by atoms with Crippen molar-refractivity contribution in [1.82, 2.24) is 15.1 Å². The Labute approximate surface area is 181 Å². The van der Waals surface area contributed by atoms with E-state index in [0.29, 0.717) is 31.7 Å². The van der Waals surface area contributed by atoms with Gasteiger partial charge in [0, 0.05) is 33.2 Å². The normalized spacial score (nSPS) is 17.4. The van der Waals surface area contributed by atoms with Crippen LogP contribution < -0.4 is 5.32 Å². The van der Waals surface area contributed by atoms with Crippen LogP contribution in [0, 0.1) is 17.2 Å². The van der Waals surface area contributed by atoms with Crippen molar-refractivity contribution in [1.29, 1.82) is 5.26 Å². The summed E-state index contributed by atoms with van der Waals surface area (Å²) in [6, 6.07) is 9.41. The van der Waals surface area contributed by atoms with Gasteiger partial charge in [0.15, 0.2) is 5.96 Å². The number of guanidine groups is 1. The molecule has 0 spiro atoms. The minimum Gasteiger partial charge on any atom is -0.352 e. The maximum absolute atomic E-state index is 12.6.